The zero-order valence-electron chi connectivity index (χ0n) is 11.5. The van der Waals surface area contributed by atoms with Gasteiger partial charge in [0.2, 0.25) is 5.91 Å². The topological polar surface area (TPSA) is 59.8 Å². The van der Waals surface area contributed by atoms with E-state index in [0.29, 0.717) is 5.02 Å². The van der Waals surface area contributed by atoms with Crippen LogP contribution in [0.1, 0.15) is 25.5 Å². The zero-order valence-corrected chi connectivity index (χ0v) is 12.2. The highest BCUT2D eigenvalue weighted by atomic mass is 35.5. The molecule has 0 unspecified atom stereocenters. The van der Waals surface area contributed by atoms with Crippen LogP contribution in [-0.2, 0) is 11.2 Å². The average molecular weight is 293 g/mol. The maximum Gasteiger partial charge on any atom is 0.244 e. The van der Waals surface area contributed by atoms with E-state index >= 15 is 0 Å². The lowest BCUT2D eigenvalue weighted by Gasteiger charge is -2.17. The molecule has 0 aliphatic rings. The Hall–Kier alpha value is -1.88. The highest BCUT2D eigenvalue weighted by molar-refractivity contribution is 6.30. The summed E-state index contributed by atoms with van der Waals surface area (Å²) in [5, 5.41) is 7.65. The summed E-state index contributed by atoms with van der Waals surface area (Å²) in [6, 6.07) is 7.30. The van der Waals surface area contributed by atoms with Crippen LogP contribution in [0.3, 0.4) is 0 Å². The Balaban J connectivity index is 1.89. The van der Waals surface area contributed by atoms with Crippen molar-refractivity contribution in [3.63, 3.8) is 0 Å². The van der Waals surface area contributed by atoms with Gasteiger partial charge in [-0.3, -0.25) is 4.79 Å². The van der Waals surface area contributed by atoms with Gasteiger partial charge >= 0.3 is 0 Å². The molecule has 1 heterocycles. The van der Waals surface area contributed by atoms with Crippen LogP contribution in [0.5, 0.6) is 0 Å². The smallest absolute Gasteiger partial charge is 0.244 e. The van der Waals surface area contributed by atoms with E-state index < -0.39 is 0 Å². The molecule has 106 valence electrons. The molecule has 1 amide bonds. The fourth-order valence-electron chi connectivity index (χ4n) is 1.93. The number of nitrogens with zero attached hydrogens (tertiary/aromatic N) is 3. The number of aromatic nitrogens is 3. The largest absolute Gasteiger partial charge is 0.351 e. The number of rotatable bonds is 5. The van der Waals surface area contributed by atoms with Gasteiger partial charge in [-0.2, -0.15) is 5.10 Å². The van der Waals surface area contributed by atoms with Gasteiger partial charge in [0.25, 0.3) is 0 Å². The summed E-state index contributed by atoms with van der Waals surface area (Å²) in [5.74, 6) is -0.0723. The van der Waals surface area contributed by atoms with Gasteiger partial charge in [0.1, 0.15) is 18.7 Å². The number of hydrogen-bond donors (Lipinski definition) is 1. The molecular weight excluding hydrogens is 276 g/mol. The highest BCUT2D eigenvalue weighted by Crippen LogP contribution is 2.11. The van der Waals surface area contributed by atoms with E-state index in [-0.39, 0.29) is 18.0 Å². The predicted molar refractivity (Wildman–Crippen MR) is 77.5 cm³/mol. The van der Waals surface area contributed by atoms with Crippen molar-refractivity contribution in [3.05, 3.63) is 47.5 Å². The Kier molecular flexibility index (Phi) is 4.74. The molecule has 0 saturated heterocycles. The van der Waals surface area contributed by atoms with Crippen LogP contribution in [0.25, 0.3) is 0 Å². The van der Waals surface area contributed by atoms with Gasteiger partial charge in [-0.15, -0.1) is 0 Å². The molecular formula is C14H17ClN4O. The minimum atomic E-state index is -0.370. The summed E-state index contributed by atoms with van der Waals surface area (Å²) >= 11 is 5.85. The lowest BCUT2D eigenvalue weighted by Crippen LogP contribution is -2.38. The Morgan fingerprint density at radius 3 is 2.65 bits per heavy atom. The first-order valence-electron chi connectivity index (χ1n) is 6.45. The van der Waals surface area contributed by atoms with Gasteiger partial charge in [0.15, 0.2) is 0 Å². The molecule has 0 aliphatic heterocycles. The minimum Gasteiger partial charge on any atom is -0.351 e. The van der Waals surface area contributed by atoms with Gasteiger partial charge in [-0.05, 0) is 38.0 Å². The molecule has 0 spiro atoms. The molecule has 2 aromatic rings. The molecule has 0 bridgehead atoms. The Bertz CT molecular complexity index is 553. The second kappa shape index (κ2) is 6.52. The fraction of sp³-hybridized carbons (Fsp3) is 0.357. The van der Waals surface area contributed by atoms with Crippen molar-refractivity contribution in [1.29, 1.82) is 0 Å². The van der Waals surface area contributed by atoms with Gasteiger partial charge in [-0.1, -0.05) is 23.7 Å². The summed E-state index contributed by atoms with van der Waals surface area (Å²) in [5.41, 5.74) is 1.13. The van der Waals surface area contributed by atoms with E-state index in [2.05, 4.69) is 15.4 Å². The Morgan fingerprint density at radius 1 is 1.35 bits per heavy atom. The first-order valence-corrected chi connectivity index (χ1v) is 6.83. The maximum absolute atomic E-state index is 12.1. The first-order chi connectivity index (χ1) is 9.56. The van der Waals surface area contributed by atoms with Crippen LogP contribution in [0, 0.1) is 0 Å². The molecule has 5 nitrogen and oxygen atoms in total. The number of benzene rings is 1. The molecule has 0 saturated carbocycles. The van der Waals surface area contributed by atoms with E-state index in [1.807, 2.05) is 31.2 Å². The molecule has 0 aliphatic carbocycles. The van der Waals surface area contributed by atoms with E-state index in [9.17, 15) is 4.79 Å². The van der Waals surface area contributed by atoms with E-state index in [1.165, 1.54) is 17.3 Å². The average Bonchev–Trinajstić information content (AvgIpc) is 2.94. The summed E-state index contributed by atoms with van der Waals surface area (Å²) in [6.07, 6.45) is 3.71. The maximum atomic E-state index is 12.1. The van der Waals surface area contributed by atoms with Crippen LogP contribution in [0.15, 0.2) is 36.9 Å². The summed E-state index contributed by atoms with van der Waals surface area (Å²) in [7, 11) is 0. The van der Waals surface area contributed by atoms with Gasteiger partial charge in [0.05, 0.1) is 0 Å². The predicted octanol–water partition coefficient (Wildman–Crippen LogP) is 2.24. The second-order valence-electron chi connectivity index (χ2n) is 4.79. The van der Waals surface area contributed by atoms with E-state index in [4.69, 9.17) is 11.6 Å². The molecule has 20 heavy (non-hydrogen) atoms. The van der Waals surface area contributed by atoms with Crippen molar-refractivity contribution in [2.75, 3.05) is 0 Å². The third-order valence-corrected chi connectivity index (χ3v) is 3.31. The third kappa shape index (κ3) is 3.81. The van der Waals surface area contributed by atoms with Crippen molar-refractivity contribution in [1.82, 2.24) is 20.1 Å². The molecule has 2 atom stereocenters. The van der Waals surface area contributed by atoms with Crippen molar-refractivity contribution >= 4 is 17.5 Å². The minimum absolute atomic E-state index is 0.0367. The van der Waals surface area contributed by atoms with Gasteiger partial charge in [0, 0.05) is 11.1 Å². The summed E-state index contributed by atoms with van der Waals surface area (Å²) in [6.45, 7) is 3.76. The van der Waals surface area contributed by atoms with Crippen molar-refractivity contribution < 1.29 is 4.79 Å². The monoisotopic (exact) mass is 292 g/mol. The first kappa shape index (κ1) is 14.5. The number of amides is 1. The van der Waals surface area contributed by atoms with E-state index in [0.717, 1.165) is 12.0 Å². The molecule has 0 radical (unpaired) electrons. The number of nitrogens with one attached hydrogen (secondary N) is 1. The highest BCUT2D eigenvalue weighted by Gasteiger charge is 2.17. The second-order valence-corrected chi connectivity index (χ2v) is 5.23. The van der Waals surface area contributed by atoms with Crippen molar-refractivity contribution in [2.45, 2.75) is 32.4 Å². The molecule has 0 fully saturated rings. The Labute approximate surface area is 123 Å². The fourth-order valence-corrected chi connectivity index (χ4v) is 2.05. The van der Waals surface area contributed by atoms with E-state index in [1.54, 1.807) is 6.92 Å². The van der Waals surface area contributed by atoms with Crippen LogP contribution < -0.4 is 5.32 Å². The zero-order chi connectivity index (χ0) is 14.5. The molecule has 1 aromatic heterocycles. The quantitative estimate of drug-likeness (QED) is 0.919. The third-order valence-electron chi connectivity index (χ3n) is 3.06. The van der Waals surface area contributed by atoms with Gasteiger partial charge in [-0.25, -0.2) is 9.67 Å². The van der Waals surface area contributed by atoms with Crippen molar-refractivity contribution in [3.8, 4) is 0 Å². The number of halogens is 1. The number of hydrogen-bond acceptors (Lipinski definition) is 3. The standard InChI is InChI=1S/C14H17ClN4O/c1-10(7-12-3-5-13(15)6-4-12)18-14(20)11(2)19-9-16-8-17-19/h3-6,8-11H,7H2,1-2H3,(H,18,20)/t10-,11+/m0/s1. The van der Waals surface area contributed by atoms with Crippen LogP contribution >= 0.6 is 11.6 Å². The lowest BCUT2D eigenvalue weighted by molar-refractivity contribution is -0.124. The molecule has 1 N–H and O–H groups in total. The lowest BCUT2D eigenvalue weighted by atomic mass is 10.1. The number of carbonyl (C=O) groups is 1. The van der Waals surface area contributed by atoms with Crippen LogP contribution in [-0.4, -0.2) is 26.7 Å². The summed E-state index contributed by atoms with van der Waals surface area (Å²) < 4.78 is 1.53. The molecule has 2 rings (SSSR count). The van der Waals surface area contributed by atoms with Crippen molar-refractivity contribution in [2.24, 2.45) is 0 Å². The van der Waals surface area contributed by atoms with Gasteiger partial charge < -0.3 is 5.32 Å². The summed E-state index contributed by atoms with van der Waals surface area (Å²) in [4.78, 5) is 15.9. The SMILES string of the molecule is C[C@H](C(=O)N[C@@H](C)Cc1ccc(Cl)cc1)n1cncn1. The normalized spacial score (nSPS) is 13.8. The number of carbonyl (C=O) groups excluding carboxylic acids is 1. The molecule has 1 aromatic carbocycles. The Morgan fingerprint density at radius 2 is 2.05 bits per heavy atom. The molecule has 6 heteroatoms. The van der Waals surface area contributed by atoms with Crippen LogP contribution in [0.2, 0.25) is 5.02 Å². The van der Waals surface area contributed by atoms with Crippen LogP contribution in [0.4, 0.5) is 0 Å².